The molecule has 0 unspecified atom stereocenters. The summed E-state index contributed by atoms with van der Waals surface area (Å²) in [5.41, 5.74) is 1.02. The van der Waals surface area contributed by atoms with Gasteiger partial charge in [-0.1, -0.05) is 17.7 Å². The number of hydrogen-bond acceptors (Lipinski definition) is 3. The van der Waals surface area contributed by atoms with Crippen molar-refractivity contribution in [1.82, 2.24) is 10.3 Å². The zero-order chi connectivity index (χ0) is 8.81. The Hall–Kier alpha value is -1.11. The summed E-state index contributed by atoms with van der Waals surface area (Å²) in [6, 6.07) is 5.59. The van der Waals surface area contributed by atoms with Crippen LogP contribution in [0.25, 0.3) is 0 Å². The van der Waals surface area contributed by atoms with Crippen LogP contribution in [0.4, 0.5) is 0 Å². The van der Waals surface area contributed by atoms with Gasteiger partial charge in [0.15, 0.2) is 0 Å². The molecule has 1 N–H and O–H groups in total. The standard InChI is InChI=1S/C8H8ClN3/c9-8-2-1-7(6-12-8)5-11-4-3-10/h1-2,6,11H,4-5H2. The Kier molecular flexibility index (Phi) is 3.52. The number of aromatic nitrogens is 1. The van der Waals surface area contributed by atoms with Crippen molar-refractivity contribution in [2.75, 3.05) is 6.54 Å². The molecule has 3 nitrogen and oxygen atoms in total. The first-order valence-electron chi connectivity index (χ1n) is 3.51. The van der Waals surface area contributed by atoms with Crippen LogP contribution in [0.5, 0.6) is 0 Å². The summed E-state index contributed by atoms with van der Waals surface area (Å²) in [5, 5.41) is 11.7. The third kappa shape index (κ3) is 2.87. The second kappa shape index (κ2) is 4.70. The Balaban J connectivity index is 2.43. The SMILES string of the molecule is N#CCNCc1ccc(Cl)nc1. The number of nitriles is 1. The van der Waals surface area contributed by atoms with E-state index in [9.17, 15) is 0 Å². The van der Waals surface area contributed by atoms with Gasteiger partial charge in [0.2, 0.25) is 0 Å². The monoisotopic (exact) mass is 181 g/mol. The molecule has 0 atom stereocenters. The number of halogens is 1. The zero-order valence-corrected chi connectivity index (χ0v) is 7.17. The lowest BCUT2D eigenvalue weighted by molar-refractivity contribution is 0.762. The van der Waals surface area contributed by atoms with Gasteiger partial charge in [0.05, 0.1) is 12.6 Å². The lowest BCUT2D eigenvalue weighted by Crippen LogP contribution is -2.12. The first-order chi connectivity index (χ1) is 5.83. The Labute approximate surface area is 76.0 Å². The van der Waals surface area contributed by atoms with Gasteiger partial charge in [0, 0.05) is 12.7 Å². The van der Waals surface area contributed by atoms with E-state index in [4.69, 9.17) is 16.9 Å². The molecular weight excluding hydrogens is 174 g/mol. The van der Waals surface area contributed by atoms with Crippen LogP contribution < -0.4 is 5.32 Å². The molecule has 0 fully saturated rings. The molecule has 1 heterocycles. The summed E-state index contributed by atoms with van der Waals surface area (Å²) in [7, 11) is 0. The van der Waals surface area contributed by atoms with E-state index < -0.39 is 0 Å². The van der Waals surface area contributed by atoms with Crippen molar-refractivity contribution in [3.8, 4) is 6.07 Å². The van der Waals surface area contributed by atoms with E-state index >= 15 is 0 Å². The lowest BCUT2D eigenvalue weighted by atomic mass is 10.3. The fourth-order valence-corrected chi connectivity index (χ4v) is 0.886. The lowest BCUT2D eigenvalue weighted by Gasteiger charge is -1.99. The Morgan fingerprint density at radius 2 is 2.42 bits per heavy atom. The van der Waals surface area contributed by atoms with Crippen molar-refractivity contribution in [3.63, 3.8) is 0 Å². The van der Waals surface area contributed by atoms with Crippen LogP contribution in [0.2, 0.25) is 5.15 Å². The normalized spacial score (nSPS) is 9.33. The van der Waals surface area contributed by atoms with Crippen molar-refractivity contribution in [1.29, 1.82) is 5.26 Å². The molecule has 1 aromatic heterocycles. The zero-order valence-electron chi connectivity index (χ0n) is 6.42. The average molecular weight is 182 g/mol. The summed E-state index contributed by atoms with van der Waals surface area (Å²) in [5.74, 6) is 0. The van der Waals surface area contributed by atoms with Crippen LogP contribution in [0.15, 0.2) is 18.3 Å². The topological polar surface area (TPSA) is 48.7 Å². The highest BCUT2D eigenvalue weighted by atomic mass is 35.5. The molecule has 1 rings (SSSR count). The first kappa shape index (κ1) is 8.98. The molecule has 0 aliphatic heterocycles. The van der Waals surface area contributed by atoms with Crippen LogP contribution in [0.1, 0.15) is 5.56 Å². The highest BCUT2D eigenvalue weighted by Crippen LogP contribution is 2.04. The highest BCUT2D eigenvalue weighted by Gasteiger charge is 1.92. The number of rotatable bonds is 3. The molecule has 0 bridgehead atoms. The first-order valence-corrected chi connectivity index (χ1v) is 3.89. The molecule has 0 spiro atoms. The smallest absolute Gasteiger partial charge is 0.129 e. The van der Waals surface area contributed by atoms with Gasteiger partial charge in [0.25, 0.3) is 0 Å². The Morgan fingerprint density at radius 3 is 3.00 bits per heavy atom. The minimum atomic E-state index is 0.350. The Bertz CT molecular complexity index is 275. The summed E-state index contributed by atoms with van der Waals surface area (Å²) in [6.07, 6.45) is 1.69. The van der Waals surface area contributed by atoms with E-state index in [1.54, 1.807) is 12.3 Å². The fraction of sp³-hybridized carbons (Fsp3) is 0.250. The van der Waals surface area contributed by atoms with Crippen LogP contribution in [-0.4, -0.2) is 11.5 Å². The van der Waals surface area contributed by atoms with Crippen LogP contribution in [-0.2, 0) is 6.54 Å². The van der Waals surface area contributed by atoms with Crippen molar-refractivity contribution in [2.24, 2.45) is 0 Å². The fourth-order valence-electron chi connectivity index (χ4n) is 0.774. The molecule has 62 valence electrons. The van der Waals surface area contributed by atoms with Crippen molar-refractivity contribution < 1.29 is 0 Å². The molecule has 1 aromatic rings. The van der Waals surface area contributed by atoms with E-state index in [-0.39, 0.29) is 0 Å². The third-order valence-electron chi connectivity index (χ3n) is 1.32. The summed E-state index contributed by atoms with van der Waals surface area (Å²) >= 11 is 5.59. The van der Waals surface area contributed by atoms with E-state index in [1.165, 1.54) is 0 Å². The molecule has 0 aliphatic carbocycles. The van der Waals surface area contributed by atoms with Crippen LogP contribution in [0, 0.1) is 11.3 Å². The minimum absolute atomic E-state index is 0.350. The number of hydrogen-bond donors (Lipinski definition) is 1. The largest absolute Gasteiger partial charge is 0.300 e. The maximum Gasteiger partial charge on any atom is 0.129 e. The van der Waals surface area contributed by atoms with Gasteiger partial charge >= 0.3 is 0 Å². The predicted molar refractivity (Wildman–Crippen MR) is 46.6 cm³/mol. The van der Waals surface area contributed by atoms with Gasteiger partial charge in [-0.25, -0.2) is 4.98 Å². The van der Waals surface area contributed by atoms with Gasteiger partial charge in [-0.3, -0.25) is 0 Å². The number of nitrogens with one attached hydrogen (secondary N) is 1. The quantitative estimate of drug-likeness (QED) is 0.435. The molecule has 0 amide bonds. The second-order valence-electron chi connectivity index (χ2n) is 2.25. The van der Waals surface area contributed by atoms with Crippen LogP contribution in [0.3, 0.4) is 0 Å². The molecule has 12 heavy (non-hydrogen) atoms. The predicted octanol–water partition coefficient (Wildman–Crippen LogP) is 1.35. The number of nitrogens with zero attached hydrogens (tertiary/aromatic N) is 2. The summed E-state index contributed by atoms with van der Waals surface area (Å²) in [6.45, 7) is 1.00. The average Bonchev–Trinajstić information content (AvgIpc) is 2.09. The van der Waals surface area contributed by atoms with Crippen LogP contribution >= 0.6 is 11.6 Å². The molecular formula is C8H8ClN3. The van der Waals surface area contributed by atoms with Gasteiger partial charge in [0.1, 0.15) is 5.15 Å². The summed E-state index contributed by atoms with van der Waals surface area (Å²) < 4.78 is 0. The van der Waals surface area contributed by atoms with E-state index in [0.29, 0.717) is 18.2 Å². The van der Waals surface area contributed by atoms with Gasteiger partial charge < -0.3 is 5.32 Å². The summed E-state index contributed by atoms with van der Waals surface area (Å²) in [4.78, 5) is 3.90. The number of pyridine rings is 1. The van der Waals surface area contributed by atoms with Crippen molar-refractivity contribution in [3.05, 3.63) is 29.0 Å². The maximum absolute atomic E-state index is 8.24. The van der Waals surface area contributed by atoms with Gasteiger partial charge in [-0.15, -0.1) is 0 Å². The van der Waals surface area contributed by atoms with E-state index in [0.717, 1.165) is 5.56 Å². The minimum Gasteiger partial charge on any atom is -0.300 e. The second-order valence-corrected chi connectivity index (χ2v) is 2.64. The Morgan fingerprint density at radius 1 is 1.58 bits per heavy atom. The molecule has 0 saturated heterocycles. The van der Waals surface area contributed by atoms with Gasteiger partial charge in [-0.05, 0) is 11.6 Å². The highest BCUT2D eigenvalue weighted by molar-refractivity contribution is 6.29. The van der Waals surface area contributed by atoms with Crippen molar-refractivity contribution >= 4 is 11.6 Å². The molecule has 0 saturated carbocycles. The van der Waals surface area contributed by atoms with E-state index in [1.807, 2.05) is 12.1 Å². The third-order valence-corrected chi connectivity index (χ3v) is 1.55. The molecule has 0 aliphatic rings. The van der Waals surface area contributed by atoms with E-state index in [2.05, 4.69) is 10.3 Å². The molecule has 0 aromatic carbocycles. The molecule has 4 heteroatoms. The molecule has 0 radical (unpaired) electrons. The van der Waals surface area contributed by atoms with Crippen molar-refractivity contribution in [2.45, 2.75) is 6.54 Å². The van der Waals surface area contributed by atoms with Gasteiger partial charge in [-0.2, -0.15) is 5.26 Å². The maximum atomic E-state index is 8.24.